The quantitative estimate of drug-likeness (QED) is 0.165. The minimum Gasteiger partial charge on any atom is -0.436 e. The van der Waals surface area contributed by atoms with E-state index in [1.54, 1.807) is 11.9 Å². The van der Waals surface area contributed by atoms with Crippen LogP contribution in [0, 0.1) is 13.8 Å². The van der Waals surface area contributed by atoms with Crippen LogP contribution >= 0.6 is 0 Å². The van der Waals surface area contributed by atoms with E-state index in [0.717, 1.165) is 51.4 Å². The maximum Gasteiger partial charge on any atom is 0.340 e. The van der Waals surface area contributed by atoms with Crippen molar-refractivity contribution in [3.05, 3.63) is 82.9 Å². The highest BCUT2D eigenvalue weighted by molar-refractivity contribution is 5.89. The number of esters is 1. The molecule has 0 unspecified atom stereocenters. The lowest BCUT2D eigenvalue weighted by Crippen LogP contribution is -2.47. The van der Waals surface area contributed by atoms with Crippen molar-refractivity contribution in [3.8, 4) is 0 Å². The summed E-state index contributed by atoms with van der Waals surface area (Å²) in [7, 11) is 1.77. The summed E-state index contributed by atoms with van der Waals surface area (Å²) in [6.07, 6.45) is 5.86. The van der Waals surface area contributed by atoms with Crippen LogP contribution < -0.4 is 0 Å². The second-order valence-electron chi connectivity index (χ2n) is 10.9. The summed E-state index contributed by atoms with van der Waals surface area (Å²) >= 11 is 0. The molecule has 6 heteroatoms. The van der Waals surface area contributed by atoms with Gasteiger partial charge in [0.05, 0.1) is 0 Å². The highest BCUT2D eigenvalue weighted by Gasteiger charge is 2.41. The van der Waals surface area contributed by atoms with Crippen LogP contribution in [-0.2, 0) is 36.6 Å². The first-order valence-electron chi connectivity index (χ1n) is 14.6. The first kappa shape index (κ1) is 29.8. The molecule has 1 aliphatic rings. The summed E-state index contributed by atoms with van der Waals surface area (Å²) in [5.74, 6) is -0.759. The number of rotatable bonds is 15. The van der Waals surface area contributed by atoms with Crippen molar-refractivity contribution in [2.24, 2.45) is 0 Å². The molecule has 1 heterocycles. The molecule has 4 rings (SSSR count). The number of unbranched alkanes of at least 4 members (excludes halogenated alkanes) is 4. The lowest BCUT2D eigenvalue weighted by molar-refractivity contribution is -0.157. The third kappa shape index (κ3) is 8.39. The number of hydrogen-bond donors (Lipinski definition) is 0. The molecule has 0 radical (unpaired) electrons. The molecule has 0 aromatic heterocycles. The van der Waals surface area contributed by atoms with Gasteiger partial charge in [0.25, 0.3) is 5.91 Å². The van der Waals surface area contributed by atoms with Gasteiger partial charge in [-0.2, -0.15) is 0 Å². The number of cyclic esters (lactones) is 1. The first-order chi connectivity index (χ1) is 19.4. The number of fused-ring (bicyclic) bond motifs is 1. The van der Waals surface area contributed by atoms with E-state index in [2.05, 4.69) is 74.5 Å². The molecule has 3 aromatic rings. The van der Waals surface area contributed by atoms with Gasteiger partial charge >= 0.3 is 5.97 Å². The molecule has 1 fully saturated rings. The zero-order valence-corrected chi connectivity index (χ0v) is 24.2. The van der Waals surface area contributed by atoms with Gasteiger partial charge in [-0.15, -0.1) is 0 Å². The Morgan fingerprint density at radius 1 is 0.875 bits per heavy atom. The van der Waals surface area contributed by atoms with Gasteiger partial charge in [-0.3, -0.25) is 4.79 Å². The Balaban J connectivity index is 1.18. The molecule has 214 valence electrons. The largest absolute Gasteiger partial charge is 0.436 e. The molecule has 1 aliphatic heterocycles. The van der Waals surface area contributed by atoms with Gasteiger partial charge in [0.1, 0.15) is 0 Å². The average molecular weight is 546 g/mol. The third-order valence-corrected chi connectivity index (χ3v) is 7.83. The summed E-state index contributed by atoms with van der Waals surface area (Å²) in [6, 6.07) is 21.7. The van der Waals surface area contributed by atoms with E-state index < -0.39 is 18.2 Å². The molecular formula is C34H43NO5. The van der Waals surface area contributed by atoms with Crippen LogP contribution in [0.2, 0.25) is 0 Å². The number of benzene rings is 3. The number of amides is 1. The highest BCUT2D eigenvalue weighted by Crippen LogP contribution is 2.19. The Labute approximate surface area is 238 Å². The summed E-state index contributed by atoms with van der Waals surface area (Å²) < 4.78 is 16.4. The molecule has 6 nitrogen and oxygen atoms in total. The Morgan fingerprint density at radius 3 is 2.30 bits per heavy atom. The number of ether oxygens (including phenoxy) is 3. The van der Waals surface area contributed by atoms with Crippen molar-refractivity contribution in [1.82, 2.24) is 4.90 Å². The van der Waals surface area contributed by atoms with Crippen molar-refractivity contribution in [2.75, 3.05) is 27.0 Å². The molecule has 1 saturated heterocycles. The maximum atomic E-state index is 13.3. The molecule has 3 aromatic carbocycles. The molecular weight excluding hydrogens is 502 g/mol. The Hall–Kier alpha value is -3.22. The van der Waals surface area contributed by atoms with E-state index in [1.807, 2.05) is 0 Å². The van der Waals surface area contributed by atoms with E-state index in [-0.39, 0.29) is 12.7 Å². The lowest BCUT2D eigenvalue weighted by atomic mass is 10.0. The smallest absolute Gasteiger partial charge is 0.340 e. The van der Waals surface area contributed by atoms with Crippen LogP contribution in [-0.4, -0.2) is 56.0 Å². The fourth-order valence-corrected chi connectivity index (χ4v) is 5.17. The van der Waals surface area contributed by atoms with Gasteiger partial charge in [-0.25, -0.2) is 4.79 Å². The van der Waals surface area contributed by atoms with Crippen molar-refractivity contribution >= 4 is 22.6 Å². The van der Waals surface area contributed by atoms with Gasteiger partial charge in [0, 0.05) is 20.2 Å². The van der Waals surface area contributed by atoms with Crippen LogP contribution in [0.3, 0.4) is 0 Å². The van der Waals surface area contributed by atoms with E-state index in [1.165, 1.54) is 33.0 Å². The number of likely N-dealkylation sites (N-methyl/N-ethyl adjacent to an activating group) is 1. The van der Waals surface area contributed by atoms with Crippen LogP contribution in [0.25, 0.3) is 10.8 Å². The molecule has 0 bridgehead atoms. The Bertz CT molecular complexity index is 1270. The van der Waals surface area contributed by atoms with Crippen molar-refractivity contribution < 1.29 is 23.8 Å². The summed E-state index contributed by atoms with van der Waals surface area (Å²) in [4.78, 5) is 27.1. The maximum absolute atomic E-state index is 13.3. The molecule has 2 atom stereocenters. The fraction of sp³-hybridized carbons (Fsp3) is 0.471. The second kappa shape index (κ2) is 15.0. The molecule has 0 aliphatic carbocycles. The normalized spacial score (nSPS) is 15.8. The van der Waals surface area contributed by atoms with Gasteiger partial charge in [-0.1, -0.05) is 73.5 Å². The molecule has 0 spiro atoms. The molecule has 0 N–H and O–H groups in total. The van der Waals surface area contributed by atoms with Crippen molar-refractivity contribution in [2.45, 2.75) is 77.4 Å². The number of aryl methyl sites for hydroxylation is 4. The monoisotopic (exact) mass is 545 g/mol. The van der Waals surface area contributed by atoms with Crippen molar-refractivity contribution in [1.29, 1.82) is 0 Å². The summed E-state index contributed by atoms with van der Waals surface area (Å²) in [6.45, 7) is 5.14. The highest BCUT2D eigenvalue weighted by atomic mass is 16.7. The van der Waals surface area contributed by atoms with Gasteiger partial charge in [0.15, 0.2) is 19.0 Å². The van der Waals surface area contributed by atoms with E-state index in [4.69, 9.17) is 14.2 Å². The Kier molecular flexibility index (Phi) is 11.1. The number of hydrogen-bond acceptors (Lipinski definition) is 5. The second-order valence-corrected chi connectivity index (χ2v) is 10.9. The summed E-state index contributed by atoms with van der Waals surface area (Å²) in [5, 5.41) is 2.53. The van der Waals surface area contributed by atoms with E-state index in [9.17, 15) is 9.59 Å². The average Bonchev–Trinajstić information content (AvgIpc) is 3.39. The molecule has 0 saturated carbocycles. The Morgan fingerprint density at radius 2 is 1.57 bits per heavy atom. The van der Waals surface area contributed by atoms with Crippen molar-refractivity contribution in [3.63, 3.8) is 0 Å². The summed E-state index contributed by atoms with van der Waals surface area (Å²) in [5.41, 5.74) is 5.31. The molecule has 1 amide bonds. The first-order valence-corrected chi connectivity index (χ1v) is 14.6. The predicted molar refractivity (Wildman–Crippen MR) is 158 cm³/mol. The van der Waals surface area contributed by atoms with Gasteiger partial charge in [-0.05, 0) is 85.4 Å². The number of carbonyl (C=O) groups excluding carboxylic acids is 2. The van der Waals surface area contributed by atoms with Crippen LogP contribution in [0.4, 0.5) is 0 Å². The van der Waals surface area contributed by atoms with Gasteiger partial charge in [0.2, 0.25) is 0 Å². The standard InChI is InChI=1S/C34H43NO5/c1-25-16-17-27(22-26(25)2)12-7-5-11-21-38-31(32-34(37)40-24-39-32)33(36)35(3)20-10-4-6-13-28-18-19-29-14-8-9-15-30(29)23-28/h8-9,14-19,22-23,31-32H,4-7,10-13,20-21,24H2,1-3H3/t31-,32-/m1/s1. The predicted octanol–water partition coefficient (Wildman–Crippen LogP) is 6.33. The van der Waals surface area contributed by atoms with Crippen LogP contribution in [0.5, 0.6) is 0 Å². The minimum atomic E-state index is -1.00. The SMILES string of the molecule is Cc1ccc(CCCCCO[C@@H](C(=O)N(C)CCCCCc2ccc3ccccc3c2)[C@H]2OCOC2=O)cc1C. The van der Waals surface area contributed by atoms with E-state index >= 15 is 0 Å². The zero-order chi connectivity index (χ0) is 28.3. The molecule has 40 heavy (non-hydrogen) atoms. The van der Waals surface area contributed by atoms with Crippen LogP contribution in [0.1, 0.15) is 60.8 Å². The minimum absolute atomic E-state index is 0.134. The van der Waals surface area contributed by atoms with Gasteiger partial charge < -0.3 is 19.1 Å². The number of nitrogens with zero attached hydrogens (tertiary/aromatic N) is 1. The number of carbonyl (C=O) groups is 2. The lowest BCUT2D eigenvalue weighted by Gasteiger charge is -2.26. The fourth-order valence-electron chi connectivity index (χ4n) is 5.17. The van der Waals surface area contributed by atoms with Crippen LogP contribution in [0.15, 0.2) is 60.7 Å². The van der Waals surface area contributed by atoms with E-state index in [0.29, 0.717) is 13.2 Å². The topological polar surface area (TPSA) is 65.1 Å². The zero-order valence-electron chi connectivity index (χ0n) is 24.2. The third-order valence-electron chi connectivity index (χ3n) is 7.83.